The van der Waals surface area contributed by atoms with Gasteiger partial charge < -0.3 is 4.74 Å². The van der Waals surface area contributed by atoms with Gasteiger partial charge in [-0.2, -0.15) is 0 Å². The van der Waals surface area contributed by atoms with Gasteiger partial charge in [-0.3, -0.25) is 4.79 Å². The zero-order valence-corrected chi connectivity index (χ0v) is 15.4. The number of rotatable bonds is 9. The molecule has 0 saturated carbocycles. The number of unbranched alkanes of at least 4 members (excludes halogenated alkanes) is 2. The van der Waals surface area contributed by atoms with E-state index in [9.17, 15) is 4.79 Å². The molecule has 0 fully saturated rings. The van der Waals surface area contributed by atoms with Gasteiger partial charge in [0.1, 0.15) is 5.75 Å². The van der Waals surface area contributed by atoms with Gasteiger partial charge in [0, 0.05) is 0 Å². The van der Waals surface area contributed by atoms with Gasteiger partial charge in [0.25, 0.3) is 5.24 Å². The molecule has 4 heteroatoms. The average molecular weight is 345 g/mol. The molecule has 0 heterocycles. The molecule has 0 radical (unpaired) electrons. The van der Waals surface area contributed by atoms with Crippen LogP contribution in [-0.2, 0) is 10.2 Å². The highest BCUT2D eigenvalue weighted by atomic mass is 35.5. The summed E-state index contributed by atoms with van der Waals surface area (Å²) in [6.07, 6.45) is 4.07. The van der Waals surface area contributed by atoms with Crippen molar-refractivity contribution >= 4 is 28.4 Å². The second kappa shape index (κ2) is 8.79. The maximum absolute atomic E-state index is 11.5. The Balaban J connectivity index is 2.85. The summed E-state index contributed by atoms with van der Waals surface area (Å²) < 4.78 is 5.74. The van der Waals surface area contributed by atoms with Gasteiger partial charge in [0.05, 0.1) is 5.02 Å². The monoisotopic (exact) mass is 344 g/mol. The topological polar surface area (TPSA) is 26.3 Å². The van der Waals surface area contributed by atoms with E-state index in [0.29, 0.717) is 17.2 Å². The van der Waals surface area contributed by atoms with Gasteiger partial charge in [-0.1, -0.05) is 58.2 Å². The highest BCUT2D eigenvalue weighted by Crippen LogP contribution is 2.34. The fourth-order valence-corrected chi connectivity index (χ4v) is 2.55. The lowest BCUT2D eigenvalue weighted by Crippen LogP contribution is -2.23. The number of hydrogen-bond acceptors (Lipinski definition) is 2. The Morgan fingerprint density at radius 2 is 1.95 bits per heavy atom. The predicted octanol–water partition coefficient (Wildman–Crippen LogP) is 6.12. The molecule has 1 aromatic rings. The minimum absolute atomic E-state index is 0.0605. The molecule has 1 rings (SSSR count). The zero-order valence-electron chi connectivity index (χ0n) is 13.9. The molecule has 0 aliphatic carbocycles. The first kappa shape index (κ1) is 19.3. The van der Waals surface area contributed by atoms with E-state index in [1.165, 1.54) is 0 Å². The van der Waals surface area contributed by atoms with Crippen molar-refractivity contribution in [3.8, 4) is 5.75 Å². The molecule has 1 unspecified atom stereocenters. The summed E-state index contributed by atoms with van der Waals surface area (Å²) in [5.41, 5.74) is 1.22. The summed E-state index contributed by atoms with van der Waals surface area (Å²) in [7, 11) is 0. The Bertz CT molecular complexity index is 498. The molecule has 0 saturated heterocycles. The first-order valence-electron chi connectivity index (χ1n) is 7.97. The number of carbonyl (C=O) groups excluding carboxylic acids is 1. The van der Waals surface area contributed by atoms with E-state index in [1.807, 2.05) is 18.2 Å². The molecular formula is C18H26Cl2O2. The Morgan fingerprint density at radius 3 is 2.45 bits per heavy atom. The second-order valence-electron chi connectivity index (χ2n) is 6.29. The first-order chi connectivity index (χ1) is 10.3. The van der Waals surface area contributed by atoms with Crippen LogP contribution in [0.1, 0.15) is 65.4 Å². The van der Waals surface area contributed by atoms with E-state index in [0.717, 1.165) is 31.2 Å². The minimum Gasteiger partial charge on any atom is -0.480 e. The smallest absolute Gasteiger partial charge is 0.262 e. The normalized spacial score (nSPS) is 13.0. The zero-order chi connectivity index (χ0) is 16.8. The van der Waals surface area contributed by atoms with Crippen LogP contribution in [0.2, 0.25) is 5.02 Å². The van der Waals surface area contributed by atoms with Gasteiger partial charge in [-0.25, -0.2) is 0 Å². The van der Waals surface area contributed by atoms with Crippen LogP contribution in [0.4, 0.5) is 0 Å². The van der Waals surface area contributed by atoms with E-state index in [4.69, 9.17) is 27.9 Å². The number of ether oxygens (including phenoxy) is 1. The molecular weight excluding hydrogens is 319 g/mol. The van der Waals surface area contributed by atoms with Crippen LogP contribution < -0.4 is 4.74 Å². The molecule has 0 aliphatic rings. The van der Waals surface area contributed by atoms with Crippen LogP contribution in [0.25, 0.3) is 0 Å². The van der Waals surface area contributed by atoms with Gasteiger partial charge in [0.2, 0.25) is 0 Å². The van der Waals surface area contributed by atoms with Crippen molar-refractivity contribution in [1.82, 2.24) is 0 Å². The predicted molar refractivity (Wildman–Crippen MR) is 94.2 cm³/mol. The summed E-state index contributed by atoms with van der Waals surface area (Å²) in [6, 6.07) is 5.76. The molecule has 22 heavy (non-hydrogen) atoms. The Morgan fingerprint density at radius 1 is 1.27 bits per heavy atom. The van der Waals surface area contributed by atoms with Crippen molar-refractivity contribution in [3.63, 3.8) is 0 Å². The van der Waals surface area contributed by atoms with Crippen molar-refractivity contribution < 1.29 is 9.53 Å². The SMILES string of the molecule is CCCCCC(Oc1ccc(C(C)(C)CC)cc1Cl)C(=O)Cl. The van der Waals surface area contributed by atoms with Crippen molar-refractivity contribution in [2.45, 2.75) is 71.3 Å². The molecule has 0 bridgehead atoms. The lowest BCUT2D eigenvalue weighted by atomic mass is 9.82. The van der Waals surface area contributed by atoms with Gasteiger partial charge in [-0.15, -0.1) is 0 Å². The molecule has 124 valence electrons. The van der Waals surface area contributed by atoms with E-state index in [-0.39, 0.29) is 5.41 Å². The lowest BCUT2D eigenvalue weighted by Gasteiger charge is -2.24. The van der Waals surface area contributed by atoms with Crippen LogP contribution in [0, 0.1) is 0 Å². The summed E-state index contributed by atoms with van der Waals surface area (Å²) in [4.78, 5) is 11.5. The van der Waals surface area contributed by atoms with Crippen LogP contribution in [-0.4, -0.2) is 11.3 Å². The molecule has 0 amide bonds. The lowest BCUT2D eigenvalue weighted by molar-refractivity contribution is -0.118. The minimum atomic E-state index is -0.629. The Kier molecular flexibility index (Phi) is 7.71. The Labute approximate surface area is 144 Å². The summed E-state index contributed by atoms with van der Waals surface area (Å²) >= 11 is 12.0. The van der Waals surface area contributed by atoms with E-state index in [1.54, 1.807) is 0 Å². The number of carbonyl (C=O) groups is 1. The largest absolute Gasteiger partial charge is 0.480 e. The van der Waals surface area contributed by atoms with Crippen LogP contribution in [0.5, 0.6) is 5.75 Å². The van der Waals surface area contributed by atoms with E-state index < -0.39 is 11.3 Å². The standard InChI is InChI=1S/C18H26Cl2O2/c1-5-7-8-9-16(17(20)21)22-15-11-10-13(12-14(15)19)18(3,4)6-2/h10-12,16H,5-9H2,1-4H3. The molecule has 0 spiro atoms. The number of hydrogen-bond donors (Lipinski definition) is 0. The highest BCUT2D eigenvalue weighted by Gasteiger charge is 2.22. The van der Waals surface area contributed by atoms with Crippen molar-refractivity contribution in [2.75, 3.05) is 0 Å². The molecule has 1 aromatic carbocycles. The van der Waals surface area contributed by atoms with Crippen molar-refractivity contribution in [1.29, 1.82) is 0 Å². The van der Waals surface area contributed by atoms with Crippen LogP contribution in [0.3, 0.4) is 0 Å². The molecule has 0 aromatic heterocycles. The summed E-state index contributed by atoms with van der Waals surface area (Å²) in [5.74, 6) is 0.521. The van der Waals surface area contributed by atoms with Gasteiger partial charge >= 0.3 is 0 Å². The maximum atomic E-state index is 11.5. The fraction of sp³-hybridized carbons (Fsp3) is 0.611. The number of benzene rings is 1. The van der Waals surface area contributed by atoms with Gasteiger partial charge in [-0.05, 0) is 54.0 Å². The molecule has 0 aliphatic heterocycles. The molecule has 1 atom stereocenters. The van der Waals surface area contributed by atoms with E-state index in [2.05, 4.69) is 27.7 Å². The third-order valence-electron chi connectivity index (χ3n) is 4.19. The summed E-state index contributed by atoms with van der Waals surface area (Å²) in [5, 5.41) is 0.0579. The van der Waals surface area contributed by atoms with Crippen molar-refractivity contribution in [2.24, 2.45) is 0 Å². The van der Waals surface area contributed by atoms with Crippen molar-refractivity contribution in [3.05, 3.63) is 28.8 Å². The number of halogens is 2. The van der Waals surface area contributed by atoms with E-state index >= 15 is 0 Å². The third kappa shape index (κ3) is 5.48. The quantitative estimate of drug-likeness (QED) is 0.398. The average Bonchev–Trinajstić information content (AvgIpc) is 2.47. The van der Waals surface area contributed by atoms with Gasteiger partial charge in [0.15, 0.2) is 6.10 Å². The van der Waals surface area contributed by atoms with Crippen LogP contribution >= 0.6 is 23.2 Å². The second-order valence-corrected chi connectivity index (χ2v) is 7.07. The highest BCUT2D eigenvalue weighted by molar-refractivity contribution is 6.64. The molecule has 0 N–H and O–H groups in total. The van der Waals surface area contributed by atoms with Crippen LogP contribution in [0.15, 0.2) is 18.2 Å². The first-order valence-corrected chi connectivity index (χ1v) is 8.73. The molecule has 2 nitrogen and oxygen atoms in total. The maximum Gasteiger partial charge on any atom is 0.262 e. The fourth-order valence-electron chi connectivity index (χ4n) is 2.17. The summed E-state index contributed by atoms with van der Waals surface area (Å²) in [6.45, 7) is 8.61. The third-order valence-corrected chi connectivity index (χ3v) is 4.73. The Hall–Kier alpha value is -0.730.